The number of carbonyl (C=O) groups excluding carboxylic acids is 1. The van der Waals surface area contributed by atoms with Gasteiger partial charge in [-0.05, 0) is 34.1 Å². The van der Waals surface area contributed by atoms with Crippen LogP contribution in [0.2, 0.25) is 0 Å². The normalized spacial score (nSPS) is 13.9. The molecule has 2 unspecified atom stereocenters. The minimum absolute atomic E-state index is 0.373. The van der Waals surface area contributed by atoms with Crippen LogP contribution >= 0.6 is 0 Å². The van der Waals surface area contributed by atoms with Gasteiger partial charge >= 0.3 is 5.97 Å². The molecule has 0 aliphatic heterocycles. The van der Waals surface area contributed by atoms with E-state index in [2.05, 4.69) is 13.5 Å². The van der Waals surface area contributed by atoms with Crippen molar-refractivity contribution in [3.8, 4) is 0 Å². The lowest BCUT2D eigenvalue weighted by molar-refractivity contribution is -0.148. The molecule has 0 aromatic rings. The van der Waals surface area contributed by atoms with E-state index in [1.165, 1.54) is 0 Å². The van der Waals surface area contributed by atoms with E-state index in [1.807, 2.05) is 20.8 Å². The third kappa shape index (κ3) is 15.1. The van der Waals surface area contributed by atoms with Gasteiger partial charge in [-0.25, -0.2) is 4.79 Å². The highest BCUT2D eigenvalue weighted by atomic mass is 16.6. The van der Waals surface area contributed by atoms with Gasteiger partial charge in [0.1, 0.15) is 5.60 Å². The molecule has 0 rings (SSSR count). The smallest absolute Gasteiger partial charge is 0.330 e. The van der Waals surface area contributed by atoms with E-state index in [9.17, 15) is 4.79 Å². The Kier molecular flexibility index (Phi) is 10.9. The molecule has 0 radical (unpaired) electrons. The van der Waals surface area contributed by atoms with E-state index in [1.54, 1.807) is 6.92 Å². The molecule has 0 spiro atoms. The van der Waals surface area contributed by atoms with Crippen molar-refractivity contribution in [3.63, 3.8) is 0 Å². The molecule has 0 amide bonds. The fourth-order valence-electron chi connectivity index (χ4n) is 0.998. The minimum atomic E-state index is -0.573. The topological polar surface area (TPSA) is 66.8 Å². The Bertz CT molecular complexity index is 228. The number of ether oxygens (including phenoxy) is 1. The van der Waals surface area contributed by atoms with Crippen molar-refractivity contribution in [2.45, 2.75) is 71.7 Å². The zero-order valence-corrected chi connectivity index (χ0v) is 12.3. The molecule has 18 heavy (non-hydrogen) atoms. The first-order chi connectivity index (χ1) is 8.14. The van der Waals surface area contributed by atoms with Gasteiger partial charge in [0.15, 0.2) is 0 Å². The van der Waals surface area contributed by atoms with Crippen LogP contribution in [0.4, 0.5) is 0 Å². The first kappa shape index (κ1) is 19.5. The second-order valence-electron chi connectivity index (χ2n) is 5.19. The summed E-state index contributed by atoms with van der Waals surface area (Å²) in [5, 5.41) is 17.8. The summed E-state index contributed by atoms with van der Waals surface area (Å²) in [7, 11) is 0. The molecule has 0 heterocycles. The number of hydrogen-bond acceptors (Lipinski definition) is 4. The molecule has 0 saturated heterocycles. The molecule has 0 fully saturated rings. The van der Waals surface area contributed by atoms with E-state index in [0.29, 0.717) is 6.42 Å². The number of aliphatic hydroxyl groups is 2. The summed E-state index contributed by atoms with van der Waals surface area (Å²) < 4.78 is 4.83. The van der Waals surface area contributed by atoms with Crippen LogP contribution < -0.4 is 0 Å². The number of hydrogen-bond donors (Lipinski definition) is 2. The second kappa shape index (κ2) is 10.1. The van der Waals surface area contributed by atoms with Crippen LogP contribution in [0.3, 0.4) is 0 Å². The predicted octanol–water partition coefficient (Wildman–Crippen LogP) is 2.43. The fourth-order valence-corrected chi connectivity index (χ4v) is 0.998. The zero-order chi connectivity index (χ0) is 14.8. The lowest BCUT2D eigenvalue weighted by Gasteiger charge is -2.17. The van der Waals surface area contributed by atoms with Gasteiger partial charge < -0.3 is 14.9 Å². The lowest BCUT2D eigenvalue weighted by Crippen LogP contribution is -2.22. The van der Waals surface area contributed by atoms with Crippen molar-refractivity contribution in [1.29, 1.82) is 0 Å². The summed E-state index contributed by atoms with van der Waals surface area (Å²) in [5.74, 6) is -0.373. The molecular weight excluding hydrogens is 232 g/mol. The molecule has 0 saturated carbocycles. The Hall–Kier alpha value is -0.870. The fraction of sp³-hybridized carbons (Fsp3) is 0.786. The van der Waals surface area contributed by atoms with E-state index in [4.69, 9.17) is 14.9 Å². The quantitative estimate of drug-likeness (QED) is 0.588. The standard InChI is InChI=1S/C7H12O2.C7H16O2/c1-5-6(8)9-7(2,3)4;1-3-4-5-7(9)6(2)8/h5H,1H2,2-4H3;6-9H,3-5H2,1-2H3. The highest BCUT2D eigenvalue weighted by Crippen LogP contribution is 2.06. The summed E-state index contributed by atoms with van der Waals surface area (Å²) in [4.78, 5) is 10.5. The van der Waals surface area contributed by atoms with Gasteiger partial charge in [0.05, 0.1) is 12.2 Å². The largest absolute Gasteiger partial charge is 0.457 e. The number of carbonyl (C=O) groups is 1. The average Bonchev–Trinajstić information content (AvgIpc) is 2.24. The molecule has 4 heteroatoms. The summed E-state index contributed by atoms with van der Waals surface area (Å²) in [6.45, 7) is 12.4. The summed E-state index contributed by atoms with van der Waals surface area (Å²) in [6.07, 6.45) is 2.84. The molecular formula is C14H28O4. The van der Waals surface area contributed by atoms with E-state index in [-0.39, 0.29) is 5.97 Å². The molecule has 2 atom stereocenters. The maximum absolute atomic E-state index is 10.5. The second-order valence-corrected chi connectivity index (χ2v) is 5.19. The van der Waals surface area contributed by atoms with Crippen LogP contribution in [0.15, 0.2) is 12.7 Å². The molecule has 0 aromatic heterocycles. The molecule has 4 nitrogen and oxygen atoms in total. The summed E-state index contributed by atoms with van der Waals surface area (Å²) in [6, 6.07) is 0. The van der Waals surface area contributed by atoms with E-state index in [0.717, 1.165) is 18.9 Å². The lowest BCUT2D eigenvalue weighted by atomic mass is 10.1. The third-order valence-electron chi connectivity index (χ3n) is 1.98. The van der Waals surface area contributed by atoms with Crippen LogP contribution in [0.25, 0.3) is 0 Å². The van der Waals surface area contributed by atoms with Gasteiger partial charge in [-0.15, -0.1) is 0 Å². The highest BCUT2D eigenvalue weighted by Gasteiger charge is 2.12. The van der Waals surface area contributed by atoms with E-state index < -0.39 is 17.8 Å². The van der Waals surface area contributed by atoms with Gasteiger partial charge in [-0.3, -0.25) is 0 Å². The number of esters is 1. The van der Waals surface area contributed by atoms with Crippen LogP contribution in [0, 0.1) is 0 Å². The number of unbranched alkanes of at least 4 members (excludes halogenated alkanes) is 1. The van der Waals surface area contributed by atoms with Crippen LogP contribution in [-0.4, -0.2) is 34.0 Å². The van der Waals surface area contributed by atoms with Gasteiger partial charge in [-0.2, -0.15) is 0 Å². The number of rotatable bonds is 5. The van der Waals surface area contributed by atoms with Crippen molar-refractivity contribution in [2.75, 3.05) is 0 Å². The first-order valence-electron chi connectivity index (χ1n) is 6.35. The first-order valence-corrected chi connectivity index (χ1v) is 6.35. The van der Waals surface area contributed by atoms with Crippen LogP contribution in [0.5, 0.6) is 0 Å². The Labute approximate surface area is 111 Å². The summed E-state index contributed by atoms with van der Waals surface area (Å²) >= 11 is 0. The van der Waals surface area contributed by atoms with Gasteiger partial charge in [0.2, 0.25) is 0 Å². The van der Waals surface area contributed by atoms with Gasteiger partial charge in [0.25, 0.3) is 0 Å². The highest BCUT2D eigenvalue weighted by molar-refractivity contribution is 5.81. The van der Waals surface area contributed by atoms with E-state index >= 15 is 0 Å². The zero-order valence-electron chi connectivity index (χ0n) is 12.3. The van der Waals surface area contributed by atoms with Crippen molar-refractivity contribution in [2.24, 2.45) is 0 Å². The predicted molar refractivity (Wildman–Crippen MR) is 73.3 cm³/mol. The molecule has 2 N–H and O–H groups in total. The summed E-state index contributed by atoms with van der Waals surface area (Å²) in [5.41, 5.74) is -0.398. The van der Waals surface area contributed by atoms with Crippen LogP contribution in [0.1, 0.15) is 53.9 Å². The molecule has 108 valence electrons. The van der Waals surface area contributed by atoms with Crippen molar-refractivity contribution >= 4 is 5.97 Å². The van der Waals surface area contributed by atoms with Crippen molar-refractivity contribution in [1.82, 2.24) is 0 Å². The SMILES string of the molecule is C=CC(=O)OC(C)(C)C.CCCCC(O)C(C)O. The number of aliphatic hydroxyl groups excluding tert-OH is 2. The molecule has 0 aliphatic rings. The maximum atomic E-state index is 10.5. The van der Waals surface area contributed by atoms with Crippen molar-refractivity contribution in [3.05, 3.63) is 12.7 Å². The third-order valence-corrected chi connectivity index (χ3v) is 1.98. The van der Waals surface area contributed by atoms with Gasteiger partial charge in [0, 0.05) is 6.08 Å². The molecule has 0 bridgehead atoms. The Morgan fingerprint density at radius 3 is 2.11 bits per heavy atom. The Morgan fingerprint density at radius 1 is 1.39 bits per heavy atom. The monoisotopic (exact) mass is 260 g/mol. The Morgan fingerprint density at radius 2 is 1.89 bits per heavy atom. The minimum Gasteiger partial charge on any atom is -0.457 e. The van der Waals surface area contributed by atoms with Gasteiger partial charge in [-0.1, -0.05) is 26.3 Å². The average molecular weight is 260 g/mol. The molecule has 0 aliphatic carbocycles. The van der Waals surface area contributed by atoms with Crippen molar-refractivity contribution < 1.29 is 19.7 Å². The Balaban J connectivity index is 0. The maximum Gasteiger partial charge on any atom is 0.330 e. The van der Waals surface area contributed by atoms with Crippen LogP contribution in [-0.2, 0) is 9.53 Å². The molecule has 0 aromatic carbocycles.